The minimum absolute atomic E-state index is 0.0854. The summed E-state index contributed by atoms with van der Waals surface area (Å²) in [7, 11) is 0. The van der Waals surface area contributed by atoms with Crippen LogP contribution in [-0.2, 0) is 16.0 Å². The molecule has 1 atom stereocenters. The van der Waals surface area contributed by atoms with Crippen molar-refractivity contribution in [2.75, 3.05) is 18.4 Å². The van der Waals surface area contributed by atoms with Crippen molar-refractivity contribution < 1.29 is 18.8 Å². The molecule has 164 valence electrons. The zero-order valence-corrected chi connectivity index (χ0v) is 17.4. The summed E-state index contributed by atoms with van der Waals surface area (Å²) in [6.07, 6.45) is 1.51. The fourth-order valence-electron chi connectivity index (χ4n) is 3.56. The third-order valence-corrected chi connectivity index (χ3v) is 5.20. The molecule has 1 aliphatic heterocycles. The molecule has 0 unspecified atom stereocenters. The number of benzene rings is 2. The quantitative estimate of drug-likeness (QED) is 0.663. The van der Waals surface area contributed by atoms with E-state index < -0.39 is 6.04 Å². The number of nitrogens with zero attached hydrogens (tertiary/aromatic N) is 1. The fraction of sp³-hybridized carbons (Fsp3) is 0.348. The molecule has 2 aromatic rings. The van der Waals surface area contributed by atoms with Gasteiger partial charge in [-0.15, -0.1) is 0 Å². The van der Waals surface area contributed by atoms with Crippen molar-refractivity contribution in [2.24, 2.45) is 0 Å². The van der Waals surface area contributed by atoms with Crippen LogP contribution in [0.25, 0.3) is 0 Å². The molecule has 3 rings (SSSR count). The summed E-state index contributed by atoms with van der Waals surface area (Å²) in [6, 6.07) is 14.1. The molecule has 3 N–H and O–H groups in total. The van der Waals surface area contributed by atoms with E-state index in [2.05, 4.69) is 16.0 Å². The molecule has 0 saturated carbocycles. The predicted molar refractivity (Wildman–Crippen MR) is 116 cm³/mol. The summed E-state index contributed by atoms with van der Waals surface area (Å²) in [4.78, 5) is 38.5. The van der Waals surface area contributed by atoms with Crippen LogP contribution in [0.4, 0.5) is 14.9 Å². The van der Waals surface area contributed by atoms with Crippen LogP contribution in [0.15, 0.2) is 54.6 Å². The van der Waals surface area contributed by atoms with Gasteiger partial charge in [0.2, 0.25) is 11.8 Å². The highest BCUT2D eigenvalue weighted by atomic mass is 19.1. The van der Waals surface area contributed by atoms with Gasteiger partial charge in [-0.3, -0.25) is 9.59 Å². The van der Waals surface area contributed by atoms with E-state index >= 15 is 0 Å². The van der Waals surface area contributed by atoms with Gasteiger partial charge in [0, 0.05) is 38.2 Å². The molecule has 1 saturated heterocycles. The van der Waals surface area contributed by atoms with Gasteiger partial charge in [0.25, 0.3) is 0 Å². The van der Waals surface area contributed by atoms with Crippen molar-refractivity contribution in [1.82, 2.24) is 15.5 Å². The lowest BCUT2D eigenvalue weighted by molar-refractivity contribution is -0.128. The molecule has 0 spiro atoms. The van der Waals surface area contributed by atoms with Gasteiger partial charge in [0.1, 0.15) is 11.9 Å². The molecule has 0 bridgehead atoms. The number of amides is 4. The van der Waals surface area contributed by atoms with Gasteiger partial charge in [0.15, 0.2) is 0 Å². The molecule has 1 heterocycles. The minimum atomic E-state index is -0.748. The molecule has 1 aliphatic rings. The number of rotatable bonds is 6. The SMILES string of the molecule is CC(=O)N[C@@H](Cc1ccc(F)cc1)C(=O)NC1CCN(C(=O)Nc2ccccc2)CC1. The highest BCUT2D eigenvalue weighted by molar-refractivity contribution is 5.89. The van der Waals surface area contributed by atoms with Crippen molar-refractivity contribution in [2.45, 2.75) is 38.3 Å². The molecule has 0 radical (unpaired) electrons. The van der Waals surface area contributed by atoms with Crippen LogP contribution in [0.3, 0.4) is 0 Å². The Balaban J connectivity index is 1.51. The number of likely N-dealkylation sites (tertiary alicyclic amines) is 1. The first kappa shape index (κ1) is 22.3. The van der Waals surface area contributed by atoms with Crippen LogP contribution >= 0.6 is 0 Å². The highest BCUT2D eigenvalue weighted by Gasteiger charge is 2.27. The van der Waals surface area contributed by atoms with E-state index in [1.165, 1.54) is 19.1 Å². The van der Waals surface area contributed by atoms with Crippen LogP contribution < -0.4 is 16.0 Å². The van der Waals surface area contributed by atoms with Gasteiger partial charge in [-0.25, -0.2) is 9.18 Å². The molecule has 0 aliphatic carbocycles. The summed E-state index contributed by atoms with van der Waals surface area (Å²) in [5, 5.41) is 8.51. The van der Waals surface area contributed by atoms with Gasteiger partial charge in [-0.2, -0.15) is 0 Å². The lowest BCUT2D eigenvalue weighted by Crippen LogP contribution is -2.53. The third-order valence-electron chi connectivity index (χ3n) is 5.20. The largest absolute Gasteiger partial charge is 0.351 e. The standard InChI is InChI=1S/C23H27FN4O3/c1-16(29)25-21(15-17-7-9-18(24)10-8-17)22(30)26-20-11-13-28(14-12-20)23(31)27-19-5-3-2-4-6-19/h2-10,20-21H,11-15H2,1H3,(H,25,29)(H,26,30)(H,27,31)/t21-/m0/s1. The van der Waals surface area contributed by atoms with Crippen molar-refractivity contribution in [3.8, 4) is 0 Å². The van der Waals surface area contributed by atoms with Gasteiger partial charge in [-0.05, 0) is 42.7 Å². The Bertz CT molecular complexity index is 897. The van der Waals surface area contributed by atoms with Gasteiger partial charge in [0.05, 0.1) is 0 Å². The number of hydrogen-bond acceptors (Lipinski definition) is 3. The molecule has 31 heavy (non-hydrogen) atoms. The van der Waals surface area contributed by atoms with E-state index in [1.54, 1.807) is 17.0 Å². The van der Waals surface area contributed by atoms with Crippen LogP contribution in [-0.4, -0.2) is 47.9 Å². The Hall–Kier alpha value is -3.42. The Kier molecular flexibility index (Phi) is 7.59. The van der Waals surface area contributed by atoms with Gasteiger partial charge < -0.3 is 20.9 Å². The second-order valence-electron chi connectivity index (χ2n) is 7.65. The average Bonchev–Trinajstić information content (AvgIpc) is 2.75. The Morgan fingerprint density at radius 1 is 1.03 bits per heavy atom. The normalized spacial score (nSPS) is 15.1. The maximum Gasteiger partial charge on any atom is 0.321 e. The van der Waals surface area contributed by atoms with Gasteiger partial charge >= 0.3 is 6.03 Å². The summed E-state index contributed by atoms with van der Waals surface area (Å²) >= 11 is 0. The number of para-hydroxylation sites is 1. The predicted octanol–water partition coefficient (Wildman–Crippen LogP) is 2.69. The number of nitrogens with one attached hydrogen (secondary N) is 3. The smallest absolute Gasteiger partial charge is 0.321 e. The lowest BCUT2D eigenvalue weighted by Gasteiger charge is -2.33. The molecule has 7 nitrogen and oxygen atoms in total. The first-order valence-electron chi connectivity index (χ1n) is 10.3. The zero-order valence-electron chi connectivity index (χ0n) is 17.4. The summed E-state index contributed by atoms with van der Waals surface area (Å²) < 4.78 is 13.1. The van der Waals surface area contributed by atoms with Gasteiger partial charge in [-0.1, -0.05) is 30.3 Å². The fourth-order valence-corrected chi connectivity index (χ4v) is 3.56. The molecule has 1 fully saturated rings. The van der Waals surface area contributed by atoms with E-state index in [0.717, 1.165) is 11.3 Å². The van der Waals surface area contributed by atoms with E-state index in [-0.39, 0.29) is 36.1 Å². The van der Waals surface area contributed by atoms with Crippen molar-refractivity contribution in [1.29, 1.82) is 0 Å². The van der Waals surface area contributed by atoms with Crippen LogP contribution in [0, 0.1) is 5.82 Å². The average molecular weight is 426 g/mol. The van der Waals surface area contributed by atoms with Crippen molar-refractivity contribution in [3.05, 3.63) is 66.0 Å². The molecular formula is C23H27FN4O3. The number of urea groups is 1. The minimum Gasteiger partial charge on any atom is -0.351 e. The molecule has 8 heteroatoms. The lowest BCUT2D eigenvalue weighted by atomic mass is 10.0. The second kappa shape index (κ2) is 10.6. The topological polar surface area (TPSA) is 90.5 Å². The summed E-state index contributed by atoms with van der Waals surface area (Å²) in [5.41, 5.74) is 1.49. The first-order chi connectivity index (χ1) is 14.9. The third kappa shape index (κ3) is 6.80. The highest BCUT2D eigenvalue weighted by Crippen LogP contribution is 2.14. The van der Waals surface area contributed by atoms with Crippen molar-refractivity contribution >= 4 is 23.5 Å². The zero-order chi connectivity index (χ0) is 22.2. The van der Waals surface area contributed by atoms with E-state index in [9.17, 15) is 18.8 Å². The summed E-state index contributed by atoms with van der Waals surface area (Å²) in [6.45, 7) is 2.40. The maximum atomic E-state index is 13.1. The Morgan fingerprint density at radius 2 is 1.68 bits per heavy atom. The van der Waals surface area contributed by atoms with Crippen LogP contribution in [0.1, 0.15) is 25.3 Å². The van der Waals surface area contributed by atoms with Crippen molar-refractivity contribution in [3.63, 3.8) is 0 Å². The maximum absolute atomic E-state index is 13.1. The van der Waals surface area contributed by atoms with E-state index in [0.29, 0.717) is 25.9 Å². The van der Waals surface area contributed by atoms with E-state index in [4.69, 9.17) is 0 Å². The number of piperidine rings is 1. The number of carbonyl (C=O) groups is 3. The second-order valence-corrected chi connectivity index (χ2v) is 7.65. The molecule has 0 aromatic heterocycles. The van der Waals surface area contributed by atoms with Crippen LogP contribution in [0.2, 0.25) is 0 Å². The Labute approximate surface area is 181 Å². The van der Waals surface area contributed by atoms with Crippen LogP contribution in [0.5, 0.6) is 0 Å². The first-order valence-corrected chi connectivity index (χ1v) is 10.3. The number of hydrogen-bond donors (Lipinski definition) is 3. The number of halogens is 1. The number of anilines is 1. The number of carbonyl (C=O) groups excluding carboxylic acids is 3. The summed E-state index contributed by atoms with van der Waals surface area (Å²) in [5.74, 6) is -0.950. The monoisotopic (exact) mass is 426 g/mol. The Morgan fingerprint density at radius 3 is 2.29 bits per heavy atom. The molecule has 4 amide bonds. The van der Waals surface area contributed by atoms with E-state index in [1.807, 2.05) is 30.3 Å². The molecular weight excluding hydrogens is 399 g/mol. The molecule has 2 aromatic carbocycles.